The molecule has 0 aliphatic heterocycles. The lowest BCUT2D eigenvalue weighted by Gasteiger charge is -2.11. The Morgan fingerprint density at radius 1 is 1.11 bits per heavy atom. The summed E-state index contributed by atoms with van der Waals surface area (Å²) < 4.78 is 0. The molecular formula is C14H14N2O2. The highest BCUT2D eigenvalue weighted by atomic mass is 16.2. The summed E-state index contributed by atoms with van der Waals surface area (Å²) in [6.07, 6.45) is 1.60. The summed E-state index contributed by atoms with van der Waals surface area (Å²) in [5.41, 5.74) is 2.11. The van der Waals surface area contributed by atoms with E-state index in [4.69, 9.17) is 0 Å². The van der Waals surface area contributed by atoms with Crippen molar-refractivity contribution in [3.63, 3.8) is 0 Å². The van der Waals surface area contributed by atoms with Crippen molar-refractivity contribution in [2.75, 3.05) is 14.1 Å². The first kappa shape index (κ1) is 12.1. The molecule has 2 aromatic rings. The molecule has 0 aliphatic rings. The van der Waals surface area contributed by atoms with Gasteiger partial charge in [-0.1, -0.05) is 12.1 Å². The third-order valence-electron chi connectivity index (χ3n) is 2.62. The van der Waals surface area contributed by atoms with Crippen molar-refractivity contribution in [2.45, 2.75) is 0 Å². The fraction of sp³-hybridized carbons (Fsp3) is 0.143. The molecule has 1 amide bonds. The quantitative estimate of drug-likeness (QED) is 0.872. The highest BCUT2D eigenvalue weighted by Crippen LogP contribution is 2.18. The topological polar surface area (TPSA) is 53.2 Å². The Bertz CT molecular complexity index is 629. The molecule has 4 heteroatoms. The first-order valence-corrected chi connectivity index (χ1v) is 5.59. The van der Waals surface area contributed by atoms with E-state index in [1.54, 1.807) is 38.5 Å². The van der Waals surface area contributed by atoms with Gasteiger partial charge >= 0.3 is 0 Å². The van der Waals surface area contributed by atoms with Crippen LogP contribution in [0.25, 0.3) is 11.1 Å². The van der Waals surface area contributed by atoms with Gasteiger partial charge in [-0.25, -0.2) is 0 Å². The minimum Gasteiger partial charge on any atom is -0.345 e. The Morgan fingerprint density at radius 3 is 2.50 bits per heavy atom. The summed E-state index contributed by atoms with van der Waals surface area (Å²) >= 11 is 0. The van der Waals surface area contributed by atoms with Crippen LogP contribution in [0.15, 0.2) is 47.4 Å². The third-order valence-corrected chi connectivity index (χ3v) is 2.62. The van der Waals surface area contributed by atoms with Crippen LogP contribution in [0.5, 0.6) is 0 Å². The fourth-order valence-corrected chi connectivity index (χ4v) is 1.71. The highest BCUT2D eigenvalue weighted by molar-refractivity contribution is 5.95. The molecule has 0 bridgehead atoms. The van der Waals surface area contributed by atoms with Gasteiger partial charge in [-0.3, -0.25) is 9.59 Å². The highest BCUT2D eigenvalue weighted by Gasteiger charge is 2.08. The average molecular weight is 242 g/mol. The van der Waals surface area contributed by atoms with Crippen molar-refractivity contribution in [3.8, 4) is 11.1 Å². The molecule has 0 atom stereocenters. The SMILES string of the molecule is CN(C)C(=O)c1cccc(-c2cc[nH]c(=O)c2)c1. The number of pyridine rings is 1. The van der Waals surface area contributed by atoms with Crippen LogP contribution in [0.4, 0.5) is 0 Å². The Hall–Kier alpha value is -2.36. The van der Waals surface area contributed by atoms with Gasteiger partial charge in [0.1, 0.15) is 0 Å². The predicted octanol–water partition coefficient (Wildman–Crippen LogP) is 1.74. The van der Waals surface area contributed by atoms with Gasteiger partial charge in [0.25, 0.3) is 5.91 Å². The molecule has 0 aliphatic carbocycles. The minimum atomic E-state index is -0.156. The molecule has 2 rings (SSSR count). The third kappa shape index (κ3) is 2.48. The van der Waals surface area contributed by atoms with Crippen molar-refractivity contribution >= 4 is 5.91 Å². The Kier molecular flexibility index (Phi) is 3.28. The zero-order valence-corrected chi connectivity index (χ0v) is 10.3. The van der Waals surface area contributed by atoms with Gasteiger partial charge in [0, 0.05) is 31.9 Å². The predicted molar refractivity (Wildman–Crippen MR) is 70.5 cm³/mol. The standard InChI is InChI=1S/C14H14N2O2/c1-16(2)14(18)12-5-3-4-10(8-12)11-6-7-15-13(17)9-11/h3-9H,1-2H3,(H,15,17). The normalized spacial score (nSPS) is 10.1. The monoisotopic (exact) mass is 242 g/mol. The van der Waals surface area contributed by atoms with E-state index in [0.717, 1.165) is 11.1 Å². The summed E-state index contributed by atoms with van der Waals surface area (Å²) in [6.45, 7) is 0. The first-order valence-electron chi connectivity index (χ1n) is 5.59. The van der Waals surface area contributed by atoms with Crippen LogP contribution in [-0.4, -0.2) is 29.9 Å². The molecule has 1 N–H and O–H groups in total. The van der Waals surface area contributed by atoms with Crippen LogP contribution < -0.4 is 5.56 Å². The van der Waals surface area contributed by atoms with Crippen LogP contribution in [0.3, 0.4) is 0 Å². The molecule has 0 radical (unpaired) electrons. The van der Waals surface area contributed by atoms with E-state index in [1.165, 1.54) is 11.0 Å². The number of carbonyl (C=O) groups excluding carboxylic acids is 1. The minimum absolute atomic E-state index is 0.0540. The Labute approximate surface area is 105 Å². The maximum atomic E-state index is 11.9. The second-order valence-corrected chi connectivity index (χ2v) is 4.22. The molecule has 0 spiro atoms. The molecule has 18 heavy (non-hydrogen) atoms. The molecule has 0 saturated heterocycles. The number of hydrogen-bond acceptors (Lipinski definition) is 2. The Morgan fingerprint density at radius 2 is 1.83 bits per heavy atom. The van der Waals surface area contributed by atoms with Crippen LogP contribution in [0, 0.1) is 0 Å². The first-order chi connectivity index (χ1) is 8.58. The molecule has 1 aromatic heterocycles. The smallest absolute Gasteiger partial charge is 0.253 e. The zero-order chi connectivity index (χ0) is 13.1. The van der Waals surface area contributed by atoms with Gasteiger partial charge in [0.15, 0.2) is 0 Å². The molecule has 1 aromatic carbocycles. The van der Waals surface area contributed by atoms with Gasteiger partial charge in [-0.05, 0) is 29.3 Å². The lowest BCUT2D eigenvalue weighted by atomic mass is 10.0. The van der Waals surface area contributed by atoms with Crippen molar-refractivity contribution in [2.24, 2.45) is 0 Å². The van der Waals surface area contributed by atoms with Crippen molar-refractivity contribution < 1.29 is 4.79 Å². The summed E-state index contributed by atoms with van der Waals surface area (Å²) in [7, 11) is 3.42. The fourth-order valence-electron chi connectivity index (χ4n) is 1.71. The Balaban J connectivity index is 2.45. The molecular weight excluding hydrogens is 228 g/mol. The van der Waals surface area contributed by atoms with Gasteiger partial charge in [0.2, 0.25) is 5.56 Å². The molecule has 0 fully saturated rings. The van der Waals surface area contributed by atoms with Crippen molar-refractivity contribution in [1.82, 2.24) is 9.88 Å². The van der Waals surface area contributed by atoms with Crippen molar-refractivity contribution in [1.29, 1.82) is 0 Å². The number of H-pyrrole nitrogens is 1. The largest absolute Gasteiger partial charge is 0.345 e. The van der Waals surface area contributed by atoms with E-state index in [9.17, 15) is 9.59 Å². The van der Waals surface area contributed by atoms with Crippen LogP contribution in [-0.2, 0) is 0 Å². The molecule has 1 heterocycles. The number of benzene rings is 1. The van der Waals surface area contributed by atoms with E-state index in [2.05, 4.69) is 4.98 Å². The molecule has 4 nitrogen and oxygen atoms in total. The summed E-state index contributed by atoms with van der Waals surface area (Å²) in [6, 6.07) is 10.6. The van der Waals surface area contributed by atoms with Crippen LogP contribution in [0.1, 0.15) is 10.4 Å². The van der Waals surface area contributed by atoms with Gasteiger partial charge in [-0.15, -0.1) is 0 Å². The second-order valence-electron chi connectivity index (χ2n) is 4.22. The van der Waals surface area contributed by atoms with Crippen LogP contribution in [0.2, 0.25) is 0 Å². The van der Waals surface area contributed by atoms with Gasteiger partial charge in [0.05, 0.1) is 0 Å². The van der Waals surface area contributed by atoms with E-state index in [1.807, 2.05) is 12.1 Å². The van der Waals surface area contributed by atoms with E-state index in [-0.39, 0.29) is 11.5 Å². The van der Waals surface area contributed by atoms with E-state index < -0.39 is 0 Å². The summed E-state index contributed by atoms with van der Waals surface area (Å²) in [4.78, 5) is 27.2. The second kappa shape index (κ2) is 4.87. The molecule has 92 valence electrons. The number of nitrogens with one attached hydrogen (secondary N) is 1. The number of nitrogens with zero attached hydrogens (tertiary/aromatic N) is 1. The number of aromatic nitrogens is 1. The number of carbonyl (C=O) groups is 1. The van der Waals surface area contributed by atoms with E-state index in [0.29, 0.717) is 5.56 Å². The number of aromatic amines is 1. The van der Waals surface area contributed by atoms with Crippen LogP contribution >= 0.6 is 0 Å². The number of amides is 1. The lowest BCUT2D eigenvalue weighted by molar-refractivity contribution is 0.0827. The van der Waals surface area contributed by atoms with Gasteiger partial charge in [-0.2, -0.15) is 0 Å². The summed E-state index contributed by atoms with van der Waals surface area (Å²) in [5.74, 6) is -0.0540. The number of rotatable bonds is 2. The van der Waals surface area contributed by atoms with Gasteiger partial charge < -0.3 is 9.88 Å². The maximum absolute atomic E-state index is 11.9. The number of hydrogen-bond donors (Lipinski definition) is 1. The molecule has 0 unspecified atom stereocenters. The maximum Gasteiger partial charge on any atom is 0.253 e. The lowest BCUT2D eigenvalue weighted by Crippen LogP contribution is -2.21. The van der Waals surface area contributed by atoms with E-state index >= 15 is 0 Å². The zero-order valence-electron chi connectivity index (χ0n) is 10.3. The van der Waals surface area contributed by atoms with Crippen molar-refractivity contribution in [3.05, 3.63) is 58.5 Å². The molecule has 0 saturated carbocycles. The summed E-state index contributed by atoms with van der Waals surface area (Å²) in [5, 5.41) is 0. The average Bonchev–Trinajstić information content (AvgIpc) is 2.38.